The molecule has 0 aliphatic carbocycles. The van der Waals surface area contributed by atoms with Crippen LogP contribution in [-0.2, 0) is 21.2 Å². The molecule has 3 heterocycles. The van der Waals surface area contributed by atoms with Gasteiger partial charge in [0.1, 0.15) is 10.3 Å². The van der Waals surface area contributed by atoms with Crippen molar-refractivity contribution in [1.29, 1.82) is 0 Å². The van der Waals surface area contributed by atoms with Crippen molar-refractivity contribution in [1.82, 2.24) is 19.8 Å². The van der Waals surface area contributed by atoms with Crippen LogP contribution in [0.3, 0.4) is 0 Å². The minimum Gasteiger partial charge on any atom is -0.337 e. The van der Waals surface area contributed by atoms with Crippen molar-refractivity contribution in [3.63, 3.8) is 0 Å². The van der Waals surface area contributed by atoms with Crippen LogP contribution in [0.1, 0.15) is 37.5 Å². The number of rotatable bonds is 6. The van der Waals surface area contributed by atoms with Gasteiger partial charge in [0.25, 0.3) is 10.0 Å². The van der Waals surface area contributed by atoms with E-state index >= 15 is 0 Å². The summed E-state index contributed by atoms with van der Waals surface area (Å²) in [6.45, 7) is 2.19. The van der Waals surface area contributed by atoms with Crippen LogP contribution in [0, 0.1) is 0 Å². The van der Waals surface area contributed by atoms with Gasteiger partial charge >= 0.3 is 0 Å². The number of carbonyl (C=O) groups is 1. The predicted octanol–water partition coefficient (Wildman–Crippen LogP) is 1.34. The summed E-state index contributed by atoms with van der Waals surface area (Å²) in [6, 6.07) is 2.87. The molecule has 24 heavy (non-hydrogen) atoms. The average molecular weight is 370 g/mol. The molecule has 8 nitrogen and oxygen atoms in total. The summed E-state index contributed by atoms with van der Waals surface area (Å²) >= 11 is 1.11. The van der Waals surface area contributed by atoms with E-state index in [0.29, 0.717) is 24.7 Å². The minimum atomic E-state index is -3.65. The molecule has 1 atom stereocenters. The molecule has 0 bridgehead atoms. The molecule has 1 aliphatic rings. The van der Waals surface area contributed by atoms with Gasteiger partial charge in [-0.3, -0.25) is 4.79 Å². The maximum absolute atomic E-state index is 12.4. The second-order valence-corrected chi connectivity index (χ2v) is 8.35. The van der Waals surface area contributed by atoms with Crippen molar-refractivity contribution < 1.29 is 17.7 Å². The number of aromatic nitrogens is 2. The van der Waals surface area contributed by atoms with Gasteiger partial charge in [0.15, 0.2) is 5.82 Å². The SMILES string of the molecule is CCc1noc([C@@H]2CCCN2C(=O)CNS(=O)(=O)c2cccs2)n1. The highest BCUT2D eigenvalue weighted by molar-refractivity contribution is 7.91. The Kier molecular flexibility index (Phi) is 4.97. The van der Waals surface area contributed by atoms with Gasteiger partial charge in [-0.2, -0.15) is 4.98 Å². The van der Waals surface area contributed by atoms with Crippen LogP contribution in [0.2, 0.25) is 0 Å². The van der Waals surface area contributed by atoms with Crippen LogP contribution in [-0.4, -0.2) is 42.5 Å². The third-order valence-electron chi connectivity index (χ3n) is 3.83. The molecule has 1 saturated heterocycles. The van der Waals surface area contributed by atoms with E-state index in [0.717, 1.165) is 24.2 Å². The molecular formula is C14H18N4O4S2. The quantitative estimate of drug-likeness (QED) is 0.822. The lowest BCUT2D eigenvalue weighted by Gasteiger charge is -2.21. The molecule has 0 unspecified atom stereocenters. The Morgan fingerprint density at radius 3 is 3.04 bits per heavy atom. The molecule has 1 aliphatic heterocycles. The zero-order valence-electron chi connectivity index (χ0n) is 13.1. The van der Waals surface area contributed by atoms with Crippen LogP contribution >= 0.6 is 11.3 Å². The van der Waals surface area contributed by atoms with Crippen LogP contribution in [0.15, 0.2) is 26.2 Å². The van der Waals surface area contributed by atoms with Crippen molar-refractivity contribution in [2.75, 3.05) is 13.1 Å². The molecule has 0 aromatic carbocycles. The predicted molar refractivity (Wildman–Crippen MR) is 86.9 cm³/mol. The lowest BCUT2D eigenvalue weighted by molar-refractivity contribution is -0.131. The number of thiophene rings is 1. The maximum atomic E-state index is 12.4. The highest BCUT2D eigenvalue weighted by Gasteiger charge is 2.34. The van der Waals surface area contributed by atoms with Gasteiger partial charge < -0.3 is 9.42 Å². The third kappa shape index (κ3) is 3.50. The third-order valence-corrected chi connectivity index (χ3v) is 6.63. The summed E-state index contributed by atoms with van der Waals surface area (Å²) in [5.41, 5.74) is 0. The number of sulfonamides is 1. The molecule has 0 saturated carbocycles. The Hall–Kier alpha value is -1.78. The van der Waals surface area contributed by atoms with E-state index < -0.39 is 10.0 Å². The molecule has 0 radical (unpaired) electrons. The standard InChI is InChI=1S/C14H18N4O4S2/c1-2-11-16-14(22-17-11)10-5-3-7-18(10)12(19)9-15-24(20,21)13-6-4-8-23-13/h4,6,8,10,15H,2-3,5,7,9H2,1H3/t10-/m0/s1. The first-order chi connectivity index (χ1) is 11.5. The van der Waals surface area contributed by atoms with Crippen molar-refractivity contribution in [2.24, 2.45) is 0 Å². The molecule has 130 valence electrons. The Morgan fingerprint density at radius 1 is 1.54 bits per heavy atom. The molecular weight excluding hydrogens is 352 g/mol. The van der Waals surface area contributed by atoms with Crippen molar-refractivity contribution in [2.45, 2.75) is 36.4 Å². The Labute approximate surface area is 143 Å². The normalized spacial score (nSPS) is 18.2. The summed E-state index contributed by atoms with van der Waals surface area (Å²) in [6.07, 6.45) is 2.21. The number of hydrogen-bond acceptors (Lipinski definition) is 7. The van der Waals surface area contributed by atoms with Gasteiger partial charge in [-0.25, -0.2) is 13.1 Å². The second-order valence-electron chi connectivity index (χ2n) is 5.40. The summed E-state index contributed by atoms with van der Waals surface area (Å²) in [4.78, 5) is 18.3. The van der Waals surface area contributed by atoms with Gasteiger partial charge in [-0.1, -0.05) is 18.1 Å². The van der Waals surface area contributed by atoms with Crippen molar-refractivity contribution in [3.8, 4) is 0 Å². The van der Waals surface area contributed by atoms with Crippen LogP contribution < -0.4 is 4.72 Å². The maximum Gasteiger partial charge on any atom is 0.250 e. The van der Waals surface area contributed by atoms with Gasteiger partial charge in [0.05, 0.1) is 6.54 Å². The number of likely N-dealkylation sites (tertiary alicyclic amines) is 1. The largest absolute Gasteiger partial charge is 0.337 e. The van der Waals surface area contributed by atoms with Gasteiger partial charge in [0, 0.05) is 13.0 Å². The summed E-state index contributed by atoms with van der Waals surface area (Å²) < 4.78 is 32.0. The van der Waals surface area contributed by atoms with Gasteiger partial charge in [0.2, 0.25) is 11.8 Å². The lowest BCUT2D eigenvalue weighted by atomic mass is 10.2. The second kappa shape index (κ2) is 6.99. The Bertz CT molecular complexity index is 801. The molecule has 1 fully saturated rings. The van der Waals surface area contributed by atoms with Gasteiger partial charge in [-0.15, -0.1) is 11.3 Å². The number of nitrogens with zero attached hydrogens (tertiary/aromatic N) is 3. The summed E-state index contributed by atoms with van der Waals surface area (Å²) in [5, 5.41) is 5.53. The molecule has 2 aromatic heterocycles. The molecule has 3 rings (SSSR count). The molecule has 1 amide bonds. The van der Waals surface area contributed by atoms with E-state index in [1.54, 1.807) is 16.3 Å². The highest BCUT2D eigenvalue weighted by atomic mass is 32.2. The first-order valence-corrected chi connectivity index (χ1v) is 10.0. The first kappa shape index (κ1) is 17.1. The Morgan fingerprint density at radius 2 is 2.38 bits per heavy atom. The number of carbonyl (C=O) groups excluding carboxylic acids is 1. The molecule has 2 aromatic rings. The minimum absolute atomic E-state index is 0.192. The number of aryl methyl sites for hydroxylation is 1. The van der Waals surface area contributed by atoms with Gasteiger partial charge in [-0.05, 0) is 24.3 Å². The van der Waals surface area contributed by atoms with E-state index in [1.165, 1.54) is 6.07 Å². The molecule has 1 N–H and O–H groups in total. The van der Waals surface area contributed by atoms with E-state index in [4.69, 9.17) is 4.52 Å². The average Bonchev–Trinajstić information content (AvgIpc) is 3.32. The van der Waals surface area contributed by atoms with Crippen LogP contribution in [0.5, 0.6) is 0 Å². The van der Waals surface area contributed by atoms with E-state index in [9.17, 15) is 13.2 Å². The zero-order chi connectivity index (χ0) is 17.2. The summed E-state index contributed by atoms with van der Waals surface area (Å²) in [5.74, 6) is 0.718. The van der Waals surface area contributed by atoms with Crippen LogP contribution in [0.25, 0.3) is 0 Å². The highest BCUT2D eigenvalue weighted by Crippen LogP contribution is 2.30. The van der Waals surface area contributed by atoms with E-state index in [-0.39, 0.29) is 22.7 Å². The molecule has 0 spiro atoms. The van der Waals surface area contributed by atoms with E-state index in [1.807, 2.05) is 6.92 Å². The van der Waals surface area contributed by atoms with Crippen molar-refractivity contribution >= 4 is 27.3 Å². The topological polar surface area (TPSA) is 105 Å². The number of amides is 1. The van der Waals surface area contributed by atoms with Crippen molar-refractivity contribution in [3.05, 3.63) is 29.2 Å². The fourth-order valence-electron chi connectivity index (χ4n) is 2.61. The smallest absolute Gasteiger partial charge is 0.250 e. The monoisotopic (exact) mass is 370 g/mol. The first-order valence-electron chi connectivity index (χ1n) is 7.66. The fraction of sp³-hybridized carbons (Fsp3) is 0.500. The van der Waals surface area contributed by atoms with Crippen LogP contribution in [0.4, 0.5) is 0 Å². The number of nitrogens with one attached hydrogen (secondary N) is 1. The van der Waals surface area contributed by atoms with E-state index in [2.05, 4.69) is 14.9 Å². The lowest BCUT2D eigenvalue weighted by Crippen LogP contribution is -2.39. The zero-order valence-corrected chi connectivity index (χ0v) is 14.8. The fourth-order valence-corrected chi connectivity index (χ4v) is 4.63. The molecule has 10 heteroatoms. The summed E-state index contributed by atoms with van der Waals surface area (Å²) in [7, 11) is -3.65. The number of hydrogen-bond donors (Lipinski definition) is 1. The Balaban J connectivity index is 1.66.